The van der Waals surface area contributed by atoms with Crippen LogP contribution < -0.4 is 0 Å². The van der Waals surface area contributed by atoms with Crippen LogP contribution in [-0.2, 0) is 4.79 Å². The molecule has 0 saturated carbocycles. The van der Waals surface area contributed by atoms with Gasteiger partial charge in [0.1, 0.15) is 5.75 Å². The van der Waals surface area contributed by atoms with Gasteiger partial charge >= 0.3 is 0 Å². The number of hydrogen-bond acceptors (Lipinski definition) is 3. The van der Waals surface area contributed by atoms with Gasteiger partial charge in [-0.05, 0) is 28.1 Å². The molecule has 1 N–H and O–H groups in total. The predicted octanol–water partition coefficient (Wildman–Crippen LogP) is 2.78. The first-order valence-corrected chi connectivity index (χ1v) is 4.08. The Morgan fingerprint density at radius 1 is 1.58 bits per heavy atom. The Hall–Kier alpha value is -0.830. The second-order valence-corrected chi connectivity index (χ2v) is 3.22. The third-order valence-corrected chi connectivity index (χ3v) is 2.07. The number of phenolic OH excluding ortho intramolecular Hbond substituents is 1. The average Bonchev–Trinajstić information content (AvgIpc) is 2.01. The van der Waals surface area contributed by atoms with Gasteiger partial charge in [0.25, 0.3) is 0 Å². The molecule has 0 aliphatic heterocycles. The fraction of sp³-hybridized carbons (Fsp3) is 0. The van der Waals surface area contributed by atoms with Crippen LogP contribution in [0.5, 0.6) is 5.75 Å². The molecule has 62 valence electrons. The fourth-order valence-electron chi connectivity index (χ4n) is 0.669. The van der Waals surface area contributed by atoms with Crippen molar-refractivity contribution in [3.63, 3.8) is 0 Å². The molecule has 0 unspecified atom stereocenters. The highest BCUT2D eigenvalue weighted by atomic mass is 79.9. The zero-order valence-corrected chi connectivity index (χ0v) is 8.06. The van der Waals surface area contributed by atoms with Gasteiger partial charge in [0.15, 0.2) is 0 Å². The smallest absolute Gasteiger partial charge is 0.240 e. The number of hydrogen-bond donors (Lipinski definition) is 1. The number of benzene rings is 1. The molecule has 3 nitrogen and oxygen atoms in total. The lowest BCUT2D eigenvalue weighted by molar-refractivity contribution is 0.472. The Bertz CT molecular complexity index is 337. The molecule has 5 heteroatoms. The molecule has 0 aliphatic rings. The van der Waals surface area contributed by atoms with Crippen molar-refractivity contribution in [3.8, 4) is 5.75 Å². The summed E-state index contributed by atoms with van der Waals surface area (Å²) < 4.78 is 0.393. The zero-order chi connectivity index (χ0) is 9.14. The predicted molar refractivity (Wildman–Crippen MR) is 48.6 cm³/mol. The highest BCUT2D eigenvalue weighted by Gasteiger charge is 2.04. The first-order valence-electron chi connectivity index (χ1n) is 2.91. The van der Waals surface area contributed by atoms with Crippen LogP contribution in [-0.4, -0.2) is 11.2 Å². The van der Waals surface area contributed by atoms with Crippen molar-refractivity contribution in [3.05, 3.63) is 21.6 Å². The zero-order valence-electron chi connectivity index (χ0n) is 5.71. The van der Waals surface area contributed by atoms with E-state index in [2.05, 4.69) is 20.9 Å². The number of aromatic hydroxyl groups is 1. The number of isocyanates is 1. The molecule has 0 radical (unpaired) electrons. The lowest BCUT2D eigenvalue weighted by Crippen LogP contribution is -1.72. The van der Waals surface area contributed by atoms with Gasteiger partial charge in [0, 0.05) is 0 Å². The van der Waals surface area contributed by atoms with Gasteiger partial charge in [-0.25, -0.2) is 4.79 Å². The molecule has 0 spiro atoms. The Balaban J connectivity index is 3.30. The summed E-state index contributed by atoms with van der Waals surface area (Å²) in [5.41, 5.74) is 0.347. The number of rotatable bonds is 1. The van der Waals surface area contributed by atoms with Crippen LogP contribution in [0.25, 0.3) is 0 Å². The maximum atomic E-state index is 9.87. The molecule has 0 aromatic heterocycles. The summed E-state index contributed by atoms with van der Waals surface area (Å²) in [7, 11) is 0. The van der Waals surface area contributed by atoms with Gasteiger partial charge < -0.3 is 5.11 Å². The van der Waals surface area contributed by atoms with Gasteiger partial charge in [-0.2, -0.15) is 4.99 Å². The normalized spacial score (nSPS) is 9.17. The first kappa shape index (κ1) is 9.26. The summed E-state index contributed by atoms with van der Waals surface area (Å²) in [6, 6.07) is 2.83. The van der Waals surface area contributed by atoms with Gasteiger partial charge in [-0.15, -0.1) is 0 Å². The molecule has 12 heavy (non-hydrogen) atoms. The van der Waals surface area contributed by atoms with Gasteiger partial charge in [0.05, 0.1) is 15.2 Å². The molecule has 0 fully saturated rings. The van der Waals surface area contributed by atoms with E-state index in [0.717, 1.165) is 0 Å². The van der Waals surface area contributed by atoms with Gasteiger partial charge in [-0.3, -0.25) is 0 Å². The third-order valence-electron chi connectivity index (χ3n) is 1.18. The molecule has 0 atom stereocenters. The molecular weight excluding hydrogens is 245 g/mol. The van der Waals surface area contributed by atoms with E-state index in [4.69, 9.17) is 11.6 Å². The Kier molecular flexibility index (Phi) is 2.87. The van der Waals surface area contributed by atoms with Crippen LogP contribution >= 0.6 is 27.5 Å². The van der Waals surface area contributed by atoms with Crippen LogP contribution in [0.2, 0.25) is 5.02 Å². The lowest BCUT2D eigenvalue weighted by atomic mass is 10.3. The number of nitrogens with zero attached hydrogens (tertiary/aromatic N) is 1. The summed E-state index contributed by atoms with van der Waals surface area (Å²) in [6.07, 6.45) is 1.37. The largest absolute Gasteiger partial charge is 0.505 e. The molecule has 0 amide bonds. The van der Waals surface area contributed by atoms with Crippen LogP contribution in [0, 0.1) is 0 Å². The topological polar surface area (TPSA) is 49.7 Å². The Morgan fingerprint density at radius 2 is 2.25 bits per heavy atom. The van der Waals surface area contributed by atoms with Crippen molar-refractivity contribution < 1.29 is 9.90 Å². The Labute approximate surface area is 81.8 Å². The molecular formula is C7H3BrClNO2. The van der Waals surface area contributed by atoms with E-state index < -0.39 is 0 Å². The maximum absolute atomic E-state index is 9.87. The van der Waals surface area contributed by atoms with E-state index >= 15 is 0 Å². The first-order chi connectivity index (χ1) is 5.65. The lowest BCUT2D eigenvalue weighted by Gasteiger charge is -1.99. The van der Waals surface area contributed by atoms with Gasteiger partial charge in [-0.1, -0.05) is 11.6 Å². The number of phenols is 1. The molecule has 0 heterocycles. The summed E-state index contributed by atoms with van der Waals surface area (Å²) in [5, 5.41) is 9.32. The molecule has 0 aliphatic carbocycles. The van der Waals surface area contributed by atoms with E-state index in [0.29, 0.717) is 10.2 Å². The molecule has 1 aromatic rings. The van der Waals surface area contributed by atoms with E-state index in [-0.39, 0.29) is 10.8 Å². The molecule has 1 rings (SSSR count). The van der Waals surface area contributed by atoms with Crippen LogP contribution in [0.1, 0.15) is 0 Å². The minimum atomic E-state index is -0.0680. The van der Waals surface area contributed by atoms with E-state index in [1.807, 2.05) is 0 Å². The monoisotopic (exact) mass is 247 g/mol. The van der Waals surface area contributed by atoms with Crippen molar-refractivity contribution >= 4 is 39.3 Å². The quantitative estimate of drug-likeness (QED) is 0.614. The number of aliphatic imine (C=N–C) groups is 1. The second kappa shape index (κ2) is 3.72. The highest BCUT2D eigenvalue weighted by molar-refractivity contribution is 9.10. The summed E-state index contributed by atoms with van der Waals surface area (Å²) in [5.74, 6) is -0.0680. The summed E-state index contributed by atoms with van der Waals surface area (Å²) in [6.45, 7) is 0. The molecule has 0 bridgehead atoms. The van der Waals surface area contributed by atoms with Crippen molar-refractivity contribution in [2.45, 2.75) is 0 Å². The second-order valence-electron chi connectivity index (χ2n) is 1.96. The standard InChI is InChI=1S/C7H3BrClNO2/c8-5-1-4(10-3-11)2-6(9)7(5)12/h1-2,12H. The van der Waals surface area contributed by atoms with Gasteiger partial charge in [0.2, 0.25) is 6.08 Å². The fourth-order valence-corrected chi connectivity index (χ4v) is 1.45. The highest BCUT2D eigenvalue weighted by Crippen LogP contribution is 2.35. The SMILES string of the molecule is O=C=Nc1cc(Cl)c(O)c(Br)c1. The average molecular weight is 248 g/mol. The Morgan fingerprint density at radius 3 is 2.75 bits per heavy atom. The van der Waals surface area contributed by atoms with Crippen molar-refractivity contribution in [2.24, 2.45) is 4.99 Å². The van der Waals surface area contributed by atoms with Crippen LogP contribution in [0.3, 0.4) is 0 Å². The summed E-state index contributed by atoms with van der Waals surface area (Å²) >= 11 is 8.63. The number of halogens is 2. The summed E-state index contributed by atoms with van der Waals surface area (Å²) in [4.78, 5) is 13.2. The van der Waals surface area contributed by atoms with E-state index in [1.165, 1.54) is 18.2 Å². The minimum Gasteiger partial charge on any atom is -0.505 e. The molecule has 0 saturated heterocycles. The van der Waals surface area contributed by atoms with Crippen LogP contribution in [0.4, 0.5) is 5.69 Å². The maximum Gasteiger partial charge on any atom is 0.240 e. The van der Waals surface area contributed by atoms with Crippen molar-refractivity contribution in [1.29, 1.82) is 0 Å². The van der Waals surface area contributed by atoms with Crippen molar-refractivity contribution in [1.82, 2.24) is 0 Å². The van der Waals surface area contributed by atoms with E-state index in [9.17, 15) is 9.90 Å². The number of carbonyl (C=O) groups excluding carboxylic acids is 1. The third kappa shape index (κ3) is 1.85. The van der Waals surface area contributed by atoms with Crippen molar-refractivity contribution in [2.75, 3.05) is 0 Å². The van der Waals surface area contributed by atoms with Crippen LogP contribution in [0.15, 0.2) is 21.6 Å². The molecule has 1 aromatic carbocycles. The minimum absolute atomic E-state index is 0.0680. The van der Waals surface area contributed by atoms with E-state index in [1.54, 1.807) is 0 Å².